The van der Waals surface area contributed by atoms with Crippen LogP contribution in [0.5, 0.6) is 0 Å². The second-order valence-electron chi connectivity index (χ2n) is 5.81. The molecule has 4 unspecified atom stereocenters. The van der Waals surface area contributed by atoms with Crippen molar-refractivity contribution in [2.75, 3.05) is 6.54 Å². The summed E-state index contributed by atoms with van der Waals surface area (Å²) in [6, 6.07) is 3.06. The Labute approximate surface area is 101 Å². The molecule has 0 bridgehead atoms. The third-order valence-corrected chi connectivity index (χ3v) is 5.88. The van der Waals surface area contributed by atoms with E-state index in [1.54, 1.807) is 16.9 Å². The average molecular weight is 233 g/mol. The zero-order valence-corrected chi connectivity index (χ0v) is 10.4. The summed E-state index contributed by atoms with van der Waals surface area (Å²) in [7, 11) is 0. The molecule has 2 aliphatic carbocycles. The maximum atomic E-state index is 3.78. The zero-order chi connectivity index (χ0) is 10.5. The number of hydrogen-bond acceptors (Lipinski definition) is 2. The molecule has 3 aliphatic rings. The summed E-state index contributed by atoms with van der Waals surface area (Å²) in [6.45, 7) is 1.20. The lowest BCUT2D eigenvalue weighted by Gasteiger charge is -2.34. The fraction of sp³-hybridized carbons (Fsp3) is 0.714. The minimum absolute atomic E-state index is 0.691. The molecule has 4 rings (SSSR count). The third kappa shape index (κ3) is 1.46. The van der Waals surface area contributed by atoms with E-state index in [1.807, 2.05) is 11.3 Å². The normalized spacial score (nSPS) is 41.2. The summed E-state index contributed by atoms with van der Waals surface area (Å²) in [4.78, 5) is 1.65. The van der Waals surface area contributed by atoms with Crippen molar-refractivity contribution in [3.8, 4) is 0 Å². The lowest BCUT2D eigenvalue weighted by molar-refractivity contribution is 0.257. The molecule has 2 fully saturated rings. The quantitative estimate of drug-likeness (QED) is 0.784. The van der Waals surface area contributed by atoms with Gasteiger partial charge in [0.15, 0.2) is 0 Å². The minimum Gasteiger partial charge on any atom is -0.309 e. The standard InChI is InChI=1S/C14H19NS/c1-2-10(8-11-7-9(1)11)14-12-4-6-16-13(12)3-5-15-14/h4,6,9-11,14-15H,1-3,5,7-8H2. The van der Waals surface area contributed by atoms with Crippen LogP contribution in [-0.2, 0) is 6.42 Å². The minimum atomic E-state index is 0.691. The van der Waals surface area contributed by atoms with Gasteiger partial charge >= 0.3 is 0 Å². The molecule has 86 valence electrons. The average Bonchev–Trinajstić information content (AvgIpc) is 2.93. The number of hydrogen-bond donors (Lipinski definition) is 1. The van der Waals surface area contributed by atoms with E-state index in [2.05, 4.69) is 16.8 Å². The number of fused-ring (bicyclic) bond motifs is 2. The Bertz CT molecular complexity index is 397. The van der Waals surface area contributed by atoms with Crippen LogP contribution in [-0.4, -0.2) is 6.54 Å². The van der Waals surface area contributed by atoms with Crippen LogP contribution in [0.2, 0.25) is 0 Å². The van der Waals surface area contributed by atoms with E-state index in [0.29, 0.717) is 6.04 Å². The number of rotatable bonds is 1. The molecule has 1 aliphatic heterocycles. The van der Waals surface area contributed by atoms with E-state index < -0.39 is 0 Å². The first-order chi connectivity index (χ1) is 7.92. The highest BCUT2D eigenvalue weighted by Crippen LogP contribution is 2.54. The monoisotopic (exact) mass is 233 g/mol. The van der Waals surface area contributed by atoms with Gasteiger partial charge in [0, 0.05) is 17.5 Å². The Hall–Kier alpha value is -0.340. The van der Waals surface area contributed by atoms with E-state index in [-0.39, 0.29) is 0 Å². The molecular formula is C14H19NS. The van der Waals surface area contributed by atoms with E-state index in [0.717, 1.165) is 17.8 Å². The summed E-state index contributed by atoms with van der Waals surface area (Å²) >= 11 is 1.96. The highest BCUT2D eigenvalue weighted by molar-refractivity contribution is 7.10. The van der Waals surface area contributed by atoms with Gasteiger partial charge in [-0.15, -0.1) is 11.3 Å². The molecule has 0 aromatic carbocycles. The molecule has 2 saturated carbocycles. The van der Waals surface area contributed by atoms with Crippen LogP contribution >= 0.6 is 11.3 Å². The molecule has 1 N–H and O–H groups in total. The van der Waals surface area contributed by atoms with Crippen LogP contribution in [0.3, 0.4) is 0 Å². The summed E-state index contributed by atoms with van der Waals surface area (Å²) in [6.07, 6.45) is 7.26. The van der Waals surface area contributed by atoms with Gasteiger partial charge in [0.05, 0.1) is 0 Å². The highest BCUT2D eigenvalue weighted by atomic mass is 32.1. The fourth-order valence-electron chi connectivity index (χ4n) is 3.89. The number of thiophene rings is 1. The maximum Gasteiger partial charge on any atom is 0.0359 e. The summed E-state index contributed by atoms with van der Waals surface area (Å²) in [5.74, 6) is 3.16. The van der Waals surface area contributed by atoms with Crippen molar-refractivity contribution in [3.05, 3.63) is 21.9 Å². The van der Waals surface area contributed by atoms with Crippen molar-refractivity contribution in [2.45, 2.75) is 38.1 Å². The topological polar surface area (TPSA) is 12.0 Å². The summed E-state index contributed by atoms with van der Waals surface area (Å²) in [5.41, 5.74) is 1.64. The van der Waals surface area contributed by atoms with Gasteiger partial charge < -0.3 is 5.32 Å². The van der Waals surface area contributed by atoms with Gasteiger partial charge in [0.2, 0.25) is 0 Å². The Morgan fingerprint density at radius 1 is 1.12 bits per heavy atom. The second kappa shape index (κ2) is 3.58. The van der Waals surface area contributed by atoms with Crippen molar-refractivity contribution in [2.24, 2.45) is 17.8 Å². The van der Waals surface area contributed by atoms with Crippen molar-refractivity contribution >= 4 is 11.3 Å². The zero-order valence-electron chi connectivity index (χ0n) is 9.61. The molecule has 0 saturated heterocycles. The molecule has 1 aromatic heterocycles. The Morgan fingerprint density at radius 2 is 2.00 bits per heavy atom. The van der Waals surface area contributed by atoms with Gasteiger partial charge in [-0.3, -0.25) is 0 Å². The SMILES string of the molecule is c1cc2c(s1)CCNC2C1CCC2CC2C1. The smallest absolute Gasteiger partial charge is 0.0359 e. The third-order valence-electron chi connectivity index (χ3n) is 4.89. The predicted molar refractivity (Wildman–Crippen MR) is 67.7 cm³/mol. The van der Waals surface area contributed by atoms with Gasteiger partial charge in [-0.1, -0.05) is 0 Å². The van der Waals surface area contributed by atoms with Crippen molar-refractivity contribution in [1.82, 2.24) is 5.32 Å². The van der Waals surface area contributed by atoms with Crippen LogP contribution in [0, 0.1) is 17.8 Å². The largest absolute Gasteiger partial charge is 0.309 e. The molecule has 2 heterocycles. The summed E-state index contributed by atoms with van der Waals surface area (Å²) in [5, 5.41) is 6.06. The van der Waals surface area contributed by atoms with Gasteiger partial charge in [-0.05, 0) is 66.9 Å². The van der Waals surface area contributed by atoms with E-state index in [9.17, 15) is 0 Å². The molecule has 4 atom stereocenters. The molecule has 1 nitrogen and oxygen atoms in total. The van der Waals surface area contributed by atoms with E-state index in [1.165, 1.54) is 32.2 Å². The van der Waals surface area contributed by atoms with Gasteiger partial charge in [-0.2, -0.15) is 0 Å². The lowest BCUT2D eigenvalue weighted by Crippen LogP contribution is -2.35. The number of nitrogens with one attached hydrogen (secondary N) is 1. The molecule has 0 spiro atoms. The maximum absolute atomic E-state index is 3.78. The Morgan fingerprint density at radius 3 is 2.94 bits per heavy atom. The highest BCUT2D eigenvalue weighted by Gasteiger charge is 2.44. The second-order valence-corrected chi connectivity index (χ2v) is 6.81. The van der Waals surface area contributed by atoms with Crippen molar-refractivity contribution < 1.29 is 0 Å². The fourth-order valence-corrected chi connectivity index (χ4v) is 4.82. The van der Waals surface area contributed by atoms with Gasteiger partial charge in [-0.25, -0.2) is 0 Å². The molecular weight excluding hydrogens is 214 g/mol. The van der Waals surface area contributed by atoms with Crippen LogP contribution < -0.4 is 5.32 Å². The summed E-state index contributed by atoms with van der Waals surface area (Å²) < 4.78 is 0. The van der Waals surface area contributed by atoms with Crippen LogP contribution in [0.4, 0.5) is 0 Å². The lowest BCUT2D eigenvalue weighted by atomic mass is 9.80. The van der Waals surface area contributed by atoms with E-state index >= 15 is 0 Å². The Balaban J connectivity index is 1.59. The molecule has 16 heavy (non-hydrogen) atoms. The Kier molecular flexibility index (Phi) is 2.16. The first kappa shape index (κ1) is 9.67. The molecule has 0 amide bonds. The first-order valence-corrected chi connectivity index (χ1v) is 7.59. The molecule has 2 heteroatoms. The van der Waals surface area contributed by atoms with Crippen LogP contribution in [0.1, 0.15) is 42.2 Å². The predicted octanol–water partition coefficient (Wildman–Crippen LogP) is 3.37. The van der Waals surface area contributed by atoms with Crippen molar-refractivity contribution in [1.29, 1.82) is 0 Å². The molecule has 0 radical (unpaired) electrons. The molecule has 1 aromatic rings. The van der Waals surface area contributed by atoms with Crippen LogP contribution in [0.15, 0.2) is 11.4 Å². The first-order valence-electron chi connectivity index (χ1n) is 6.71. The van der Waals surface area contributed by atoms with E-state index in [4.69, 9.17) is 0 Å². The van der Waals surface area contributed by atoms with Gasteiger partial charge in [0.1, 0.15) is 0 Å². The van der Waals surface area contributed by atoms with Crippen LogP contribution in [0.25, 0.3) is 0 Å². The van der Waals surface area contributed by atoms with Crippen molar-refractivity contribution in [3.63, 3.8) is 0 Å². The van der Waals surface area contributed by atoms with Gasteiger partial charge in [0.25, 0.3) is 0 Å².